The van der Waals surface area contributed by atoms with E-state index in [0.29, 0.717) is 29.4 Å². The fraction of sp³-hybridized carbons (Fsp3) is 0.571. The van der Waals surface area contributed by atoms with Gasteiger partial charge >= 0.3 is 0 Å². The Hall–Kier alpha value is -0.650. The highest BCUT2D eigenvalue weighted by atomic mass is 79.9. The van der Waals surface area contributed by atoms with Crippen LogP contribution in [0.1, 0.15) is 24.8 Å². The molecular weight excluding hydrogens is 311 g/mol. The van der Waals surface area contributed by atoms with Gasteiger partial charge < -0.3 is 15.4 Å². The molecule has 2 rings (SSSR count). The van der Waals surface area contributed by atoms with Crippen molar-refractivity contribution < 1.29 is 9.13 Å². The van der Waals surface area contributed by atoms with E-state index in [9.17, 15) is 4.39 Å². The number of likely N-dealkylation sites (tertiary alicyclic amines) is 1. The molecule has 19 heavy (non-hydrogen) atoms. The summed E-state index contributed by atoms with van der Waals surface area (Å²) in [5.41, 5.74) is 6.28. The molecule has 3 nitrogen and oxygen atoms in total. The molecule has 1 fully saturated rings. The molecule has 1 atom stereocenters. The zero-order valence-corrected chi connectivity index (χ0v) is 12.7. The van der Waals surface area contributed by atoms with Crippen LogP contribution < -0.4 is 10.5 Å². The minimum Gasteiger partial charge on any atom is -0.489 e. The van der Waals surface area contributed by atoms with Crippen LogP contribution in [0.3, 0.4) is 0 Å². The molecule has 0 spiro atoms. The first kappa shape index (κ1) is 14.8. The van der Waals surface area contributed by atoms with E-state index in [1.165, 1.54) is 12.8 Å². The third-order valence-electron chi connectivity index (χ3n) is 3.70. The van der Waals surface area contributed by atoms with Gasteiger partial charge in [-0.15, -0.1) is 0 Å². The van der Waals surface area contributed by atoms with Crippen molar-refractivity contribution in [2.24, 2.45) is 5.73 Å². The van der Waals surface area contributed by atoms with E-state index >= 15 is 0 Å². The molecule has 1 unspecified atom stereocenters. The Morgan fingerprint density at radius 1 is 1.47 bits per heavy atom. The van der Waals surface area contributed by atoms with Gasteiger partial charge in [-0.05, 0) is 54.0 Å². The molecule has 0 saturated carbocycles. The second-order valence-corrected chi connectivity index (χ2v) is 5.79. The molecule has 0 radical (unpaired) electrons. The number of ether oxygens (including phenoxy) is 1. The maximum Gasteiger partial charge on any atom is 0.179 e. The summed E-state index contributed by atoms with van der Waals surface area (Å²) in [6.07, 6.45) is 3.56. The smallest absolute Gasteiger partial charge is 0.179 e. The van der Waals surface area contributed by atoms with E-state index < -0.39 is 0 Å². The molecule has 1 aromatic carbocycles. The van der Waals surface area contributed by atoms with Crippen molar-refractivity contribution in [3.63, 3.8) is 0 Å². The summed E-state index contributed by atoms with van der Waals surface area (Å²) in [5, 5.41) is 0. The lowest BCUT2D eigenvalue weighted by Gasteiger charge is -2.32. The van der Waals surface area contributed by atoms with Gasteiger partial charge in [-0.2, -0.15) is 0 Å². The van der Waals surface area contributed by atoms with Crippen LogP contribution in [0.2, 0.25) is 0 Å². The largest absolute Gasteiger partial charge is 0.489 e. The number of likely N-dealkylation sites (N-methyl/N-ethyl adjacent to an activating group) is 1. The summed E-state index contributed by atoms with van der Waals surface area (Å²) in [4.78, 5) is 2.28. The second kappa shape index (κ2) is 6.68. The average Bonchev–Trinajstić information content (AvgIpc) is 2.42. The van der Waals surface area contributed by atoms with E-state index in [-0.39, 0.29) is 5.82 Å². The zero-order chi connectivity index (χ0) is 13.8. The molecule has 106 valence electrons. The van der Waals surface area contributed by atoms with Crippen molar-refractivity contribution in [1.82, 2.24) is 4.90 Å². The third kappa shape index (κ3) is 3.46. The molecule has 1 aliphatic rings. The quantitative estimate of drug-likeness (QED) is 0.922. The fourth-order valence-electron chi connectivity index (χ4n) is 2.38. The lowest BCUT2D eigenvalue weighted by Crippen LogP contribution is -2.40. The number of halogens is 2. The number of piperidine rings is 1. The normalized spacial score (nSPS) is 20.5. The highest BCUT2D eigenvalue weighted by molar-refractivity contribution is 9.10. The first-order valence-corrected chi connectivity index (χ1v) is 7.42. The third-order valence-corrected chi connectivity index (χ3v) is 4.56. The number of benzene rings is 1. The molecule has 5 heteroatoms. The van der Waals surface area contributed by atoms with Gasteiger partial charge in [0, 0.05) is 12.6 Å². The van der Waals surface area contributed by atoms with Gasteiger partial charge in [0.05, 0.1) is 4.47 Å². The van der Waals surface area contributed by atoms with E-state index in [2.05, 4.69) is 27.9 Å². The number of nitrogens with two attached hydrogens (primary N) is 1. The Morgan fingerprint density at radius 2 is 2.26 bits per heavy atom. The molecule has 1 heterocycles. The summed E-state index contributed by atoms with van der Waals surface area (Å²) in [7, 11) is 2.09. The predicted molar refractivity (Wildman–Crippen MR) is 77.8 cm³/mol. The van der Waals surface area contributed by atoms with Gasteiger partial charge in [0.15, 0.2) is 11.6 Å². The molecule has 1 aromatic rings. The van der Waals surface area contributed by atoms with Crippen molar-refractivity contribution in [3.8, 4) is 5.75 Å². The first-order valence-electron chi connectivity index (χ1n) is 6.63. The standard InChI is InChI=1S/C14H20BrFN2O/c1-18-7-3-2-4-11(18)9-19-12-6-5-10(8-17)13(15)14(12)16/h5-6,11H,2-4,7-9,17H2,1H3. The number of rotatable bonds is 4. The molecule has 0 aromatic heterocycles. The minimum atomic E-state index is -0.360. The SMILES string of the molecule is CN1CCCCC1COc1ccc(CN)c(Br)c1F. The Kier molecular flexibility index (Phi) is 5.19. The fourth-order valence-corrected chi connectivity index (χ4v) is 2.87. The predicted octanol–water partition coefficient (Wildman–Crippen LogP) is 2.91. The first-order chi connectivity index (χ1) is 9.13. The molecule has 0 amide bonds. The summed E-state index contributed by atoms with van der Waals surface area (Å²) in [6.45, 7) is 1.93. The highest BCUT2D eigenvalue weighted by Gasteiger charge is 2.20. The van der Waals surface area contributed by atoms with Crippen molar-refractivity contribution in [2.75, 3.05) is 20.2 Å². The van der Waals surface area contributed by atoms with Gasteiger partial charge in [0.1, 0.15) is 6.61 Å². The Labute approximate surface area is 122 Å². The lowest BCUT2D eigenvalue weighted by molar-refractivity contribution is 0.122. The van der Waals surface area contributed by atoms with Crippen molar-refractivity contribution in [1.29, 1.82) is 0 Å². The van der Waals surface area contributed by atoms with Crippen LogP contribution in [0.15, 0.2) is 16.6 Å². The van der Waals surface area contributed by atoms with E-state index in [1.807, 2.05) is 0 Å². The number of hydrogen-bond acceptors (Lipinski definition) is 3. The monoisotopic (exact) mass is 330 g/mol. The summed E-state index contributed by atoms with van der Waals surface area (Å²) in [5.74, 6) is -0.0653. The van der Waals surface area contributed by atoms with Crippen LogP contribution >= 0.6 is 15.9 Å². The van der Waals surface area contributed by atoms with Crippen LogP contribution in [0, 0.1) is 5.82 Å². The van der Waals surface area contributed by atoms with Crippen molar-refractivity contribution in [3.05, 3.63) is 28.0 Å². The van der Waals surface area contributed by atoms with Crippen molar-refractivity contribution in [2.45, 2.75) is 31.8 Å². The second-order valence-electron chi connectivity index (χ2n) is 5.00. The maximum atomic E-state index is 14.1. The van der Waals surface area contributed by atoms with Gasteiger partial charge in [-0.3, -0.25) is 0 Å². The Balaban J connectivity index is 2.01. The van der Waals surface area contributed by atoms with Gasteiger partial charge in [-0.1, -0.05) is 12.5 Å². The topological polar surface area (TPSA) is 38.5 Å². The Bertz CT molecular complexity index is 442. The van der Waals surface area contributed by atoms with Crippen LogP contribution in [0.25, 0.3) is 0 Å². The minimum absolute atomic E-state index is 0.294. The van der Waals surface area contributed by atoms with Crippen LogP contribution in [-0.2, 0) is 6.54 Å². The van der Waals surface area contributed by atoms with Crippen molar-refractivity contribution >= 4 is 15.9 Å². The lowest BCUT2D eigenvalue weighted by atomic mass is 10.0. The van der Waals surface area contributed by atoms with Gasteiger partial charge in [0.25, 0.3) is 0 Å². The van der Waals surface area contributed by atoms with Gasteiger partial charge in [0.2, 0.25) is 0 Å². The van der Waals surface area contributed by atoms with E-state index in [0.717, 1.165) is 18.5 Å². The Morgan fingerprint density at radius 3 is 2.95 bits per heavy atom. The summed E-state index contributed by atoms with van der Waals surface area (Å²) in [6, 6.07) is 3.83. The van der Waals surface area contributed by atoms with E-state index in [1.54, 1.807) is 12.1 Å². The average molecular weight is 331 g/mol. The molecular formula is C14H20BrFN2O. The summed E-state index contributed by atoms with van der Waals surface area (Å²) >= 11 is 3.22. The maximum absolute atomic E-state index is 14.1. The highest BCUT2D eigenvalue weighted by Crippen LogP contribution is 2.29. The molecule has 1 saturated heterocycles. The zero-order valence-electron chi connectivity index (χ0n) is 11.2. The summed E-state index contributed by atoms with van der Waals surface area (Å²) < 4.78 is 20.1. The molecule has 1 aliphatic heterocycles. The molecule has 0 aliphatic carbocycles. The van der Waals surface area contributed by atoms with Crippen LogP contribution in [0.4, 0.5) is 4.39 Å². The van der Waals surface area contributed by atoms with Crippen LogP contribution in [-0.4, -0.2) is 31.1 Å². The number of nitrogens with zero attached hydrogens (tertiary/aromatic N) is 1. The van der Waals surface area contributed by atoms with Crippen LogP contribution in [0.5, 0.6) is 5.75 Å². The van der Waals surface area contributed by atoms with Gasteiger partial charge in [-0.25, -0.2) is 4.39 Å². The van der Waals surface area contributed by atoms with E-state index in [4.69, 9.17) is 10.5 Å². The molecule has 2 N–H and O–H groups in total. The molecule has 0 bridgehead atoms. The number of hydrogen-bond donors (Lipinski definition) is 1.